The zero-order chi connectivity index (χ0) is 19.2. The topological polar surface area (TPSA) is 96.0 Å². The van der Waals surface area contributed by atoms with Crippen LogP contribution in [0.2, 0.25) is 5.02 Å². The Bertz CT molecular complexity index is 941. The molecule has 0 saturated heterocycles. The first-order valence-electron chi connectivity index (χ1n) is 7.98. The number of aromatic nitrogens is 2. The number of nitrogens with zero attached hydrogens (tertiary/aromatic N) is 2. The predicted octanol–water partition coefficient (Wildman–Crippen LogP) is 4.07. The Hall–Kier alpha value is -2.97. The average Bonchev–Trinajstić information content (AvgIpc) is 3.05. The Labute approximate surface area is 164 Å². The van der Waals surface area contributed by atoms with Crippen LogP contribution in [0.25, 0.3) is 0 Å². The molecule has 0 bridgehead atoms. The molecule has 7 nitrogen and oxygen atoms in total. The van der Waals surface area contributed by atoms with Crippen LogP contribution in [0.3, 0.4) is 0 Å². The minimum Gasteiger partial charge on any atom is -0.326 e. The Morgan fingerprint density at radius 3 is 2.41 bits per heavy atom. The molecular formula is C18H16ClN5O2S. The lowest BCUT2D eigenvalue weighted by atomic mass is 10.2. The summed E-state index contributed by atoms with van der Waals surface area (Å²) in [7, 11) is 0. The van der Waals surface area contributed by atoms with E-state index >= 15 is 0 Å². The monoisotopic (exact) mass is 401 g/mol. The number of hydrogen-bond donors (Lipinski definition) is 3. The van der Waals surface area contributed by atoms with Crippen molar-refractivity contribution in [3.05, 3.63) is 58.7 Å². The van der Waals surface area contributed by atoms with Crippen molar-refractivity contribution in [2.75, 3.05) is 16.0 Å². The highest BCUT2D eigenvalue weighted by Gasteiger charge is 2.09. The first-order valence-corrected chi connectivity index (χ1v) is 9.24. The number of anilines is 4. The molecule has 0 atom stereocenters. The molecule has 1 aromatic carbocycles. The van der Waals surface area contributed by atoms with Gasteiger partial charge in [-0.25, -0.2) is 9.97 Å². The molecule has 0 radical (unpaired) electrons. The molecule has 3 N–H and O–H groups in total. The lowest BCUT2D eigenvalue weighted by Gasteiger charge is -2.06. The summed E-state index contributed by atoms with van der Waals surface area (Å²) in [5, 5.41) is 11.6. The summed E-state index contributed by atoms with van der Waals surface area (Å²) in [6.07, 6.45) is 1.70. The van der Waals surface area contributed by atoms with Gasteiger partial charge in [-0.15, -0.1) is 11.3 Å². The lowest BCUT2D eigenvalue weighted by molar-refractivity contribution is -0.116. The molecule has 0 aliphatic carbocycles. The fourth-order valence-electron chi connectivity index (χ4n) is 2.21. The Morgan fingerprint density at radius 1 is 1.07 bits per heavy atom. The molecular weight excluding hydrogens is 386 g/mol. The molecule has 0 aliphatic rings. The normalized spacial score (nSPS) is 10.3. The molecule has 27 heavy (non-hydrogen) atoms. The molecule has 3 rings (SSSR count). The smallest absolute Gasteiger partial charge is 0.230 e. The van der Waals surface area contributed by atoms with Gasteiger partial charge in [-0.3, -0.25) is 9.59 Å². The van der Waals surface area contributed by atoms with E-state index in [1.165, 1.54) is 18.3 Å². The maximum absolute atomic E-state index is 12.2. The standard InChI is InChI=1S/C18H16ClN5O2S/c1-11(25)21-13-3-5-14(6-4-13)22-17(26)8-15-10-27-18(23-15)24-16-7-2-12(19)9-20-16/h2-7,9-10H,8H2,1H3,(H,21,25)(H,22,26)(H,20,23,24). The van der Waals surface area contributed by atoms with Crippen molar-refractivity contribution >= 4 is 57.1 Å². The summed E-state index contributed by atoms with van der Waals surface area (Å²) in [6.45, 7) is 1.44. The fraction of sp³-hybridized carbons (Fsp3) is 0.111. The van der Waals surface area contributed by atoms with Gasteiger partial charge in [0.15, 0.2) is 5.13 Å². The largest absolute Gasteiger partial charge is 0.326 e. The van der Waals surface area contributed by atoms with Crippen molar-refractivity contribution in [2.24, 2.45) is 0 Å². The van der Waals surface area contributed by atoms with E-state index in [1.807, 2.05) is 5.38 Å². The predicted molar refractivity (Wildman–Crippen MR) is 108 cm³/mol. The molecule has 2 aromatic heterocycles. The molecule has 9 heteroatoms. The first kappa shape index (κ1) is 18.8. The second-order valence-electron chi connectivity index (χ2n) is 5.61. The SMILES string of the molecule is CC(=O)Nc1ccc(NC(=O)Cc2csc(Nc3ccc(Cl)cn3)n2)cc1. The van der Waals surface area contributed by atoms with Crippen LogP contribution in [-0.2, 0) is 16.0 Å². The maximum Gasteiger partial charge on any atom is 0.230 e. The number of carbonyl (C=O) groups is 2. The number of pyridine rings is 1. The summed E-state index contributed by atoms with van der Waals surface area (Å²) >= 11 is 7.20. The van der Waals surface area contributed by atoms with Crippen molar-refractivity contribution in [2.45, 2.75) is 13.3 Å². The number of hydrogen-bond acceptors (Lipinski definition) is 6. The van der Waals surface area contributed by atoms with E-state index in [-0.39, 0.29) is 18.2 Å². The molecule has 0 spiro atoms. The van der Waals surface area contributed by atoms with Crippen LogP contribution in [0.15, 0.2) is 48.0 Å². The van der Waals surface area contributed by atoms with E-state index in [4.69, 9.17) is 11.6 Å². The van der Waals surface area contributed by atoms with Gasteiger partial charge in [-0.2, -0.15) is 0 Å². The summed E-state index contributed by atoms with van der Waals surface area (Å²) < 4.78 is 0. The highest BCUT2D eigenvalue weighted by molar-refractivity contribution is 7.13. The van der Waals surface area contributed by atoms with Crippen molar-refractivity contribution < 1.29 is 9.59 Å². The van der Waals surface area contributed by atoms with Crippen LogP contribution in [-0.4, -0.2) is 21.8 Å². The maximum atomic E-state index is 12.2. The number of nitrogens with one attached hydrogen (secondary N) is 3. The zero-order valence-electron chi connectivity index (χ0n) is 14.3. The third-order valence-corrected chi connectivity index (χ3v) is 4.37. The highest BCUT2D eigenvalue weighted by Crippen LogP contribution is 2.21. The third-order valence-electron chi connectivity index (χ3n) is 3.34. The molecule has 2 amide bonds. The van der Waals surface area contributed by atoms with Gasteiger partial charge in [0.05, 0.1) is 17.1 Å². The van der Waals surface area contributed by atoms with E-state index in [0.29, 0.717) is 33.0 Å². The molecule has 2 heterocycles. The quantitative estimate of drug-likeness (QED) is 0.578. The van der Waals surface area contributed by atoms with Gasteiger partial charge in [-0.05, 0) is 36.4 Å². The molecule has 0 unspecified atom stereocenters. The molecule has 138 valence electrons. The Morgan fingerprint density at radius 2 is 1.78 bits per heavy atom. The molecule has 0 fully saturated rings. The van der Waals surface area contributed by atoms with Crippen LogP contribution in [0.5, 0.6) is 0 Å². The number of rotatable bonds is 6. The number of benzene rings is 1. The lowest BCUT2D eigenvalue weighted by Crippen LogP contribution is -2.14. The van der Waals surface area contributed by atoms with Crippen molar-refractivity contribution in [1.29, 1.82) is 0 Å². The van der Waals surface area contributed by atoms with E-state index < -0.39 is 0 Å². The van der Waals surface area contributed by atoms with Gasteiger partial charge in [0.25, 0.3) is 0 Å². The van der Waals surface area contributed by atoms with Gasteiger partial charge in [0.1, 0.15) is 5.82 Å². The number of thiazole rings is 1. The number of amides is 2. The van der Waals surface area contributed by atoms with Gasteiger partial charge in [0.2, 0.25) is 11.8 Å². The summed E-state index contributed by atoms with van der Waals surface area (Å²) in [6, 6.07) is 10.4. The van der Waals surface area contributed by atoms with E-state index in [9.17, 15) is 9.59 Å². The summed E-state index contributed by atoms with van der Waals surface area (Å²) in [5.74, 6) is 0.307. The van der Waals surface area contributed by atoms with E-state index in [1.54, 1.807) is 42.6 Å². The van der Waals surface area contributed by atoms with E-state index in [0.717, 1.165) is 0 Å². The van der Waals surface area contributed by atoms with Crippen molar-refractivity contribution in [3.8, 4) is 0 Å². The summed E-state index contributed by atoms with van der Waals surface area (Å²) in [5.41, 5.74) is 1.98. The second-order valence-corrected chi connectivity index (χ2v) is 6.91. The van der Waals surface area contributed by atoms with Crippen LogP contribution in [0.1, 0.15) is 12.6 Å². The van der Waals surface area contributed by atoms with Crippen LogP contribution in [0.4, 0.5) is 22.3 Å². The Balaban J connectivity index is 1.54. The zero-order valence-corrected chi connectivity index (χ0v) is 15.9. The molecule has 3 aromatic rings. The van der Waals surface area contributed by atoms with Gasteiger partial charge in [-0.1, -0.05) is 11.6 Å². The fourth-order valence-corrected chi connectivity index (χ4v) is 3.04. The minimum atomic E-state index is -0.177. The van der Waals surface area contributed by atoms with Gasteiger partial charge >= 0.3 is 0 Å². The summed E-state index contributed by atoms with van der Waals surface area (Å²) in [4.78, 5) is 31.7. The second kappa shape index (κ2) is 8.61. The van der Waals surface area contributed by atoms with Crippen LogP contribution < -0.4 is 16.0 Å². The first-order chi connectivity index (χ1) is 13.0. The van der Waals surface area contributed by atoms with Gasteiger partial charge in [0, 0.05) is 29.9 Å². The van der Waals surface area contributed by atoms with Crippen LogP contribution >= 0.6 is 22.9 Å². The number of carbonyl (C=O) groups excluding carboxylic acids is 2. The molecule has 0 saturated carbocycles. The average molecular weight is 402 g/mol. The van der Waals surface area contributed by atoms with Crippen molar-refractivity contribution in [1.82, 2.24) is 9.97 Å². The van der Waals surface area contributed by atoms with Crippen molar-refractivity contribution in [3.63, 3.8) is 0 Å². The van der Waals surface area contributed by atoms with E-state index in [2.05, 4.69) is 25.9 Å². The third kappa shape index (κ3) is 5.77. The minimum absolute atomic E-state index is 0.145. The molecule has 0 aliphatic heterocycles. The van der Waals surface area contributed by atoms with Gasteiger partial charge < -0.3 is 16.0 Å². The van der Waals surface area contributed by atoms with Crippen LogP contribution in [0, 0.1) is 0 Å². The number of halogens is 1. The highest BCUT2D eigenvalue weighted by atomic mass is 35.5. The Kier molecular flexibility index (Phi) is 6.00.